The van der Waals surface area contributed by atoms with Crippen LogP contribution < -0.4 is 17.0 Å². The number of nitrogens with two attached hydrogens (primary N) is 2. The lowest BCUT2D eigenvalue weighted by Crippen LogP contribution is -2.24. The molecule has 0 unspecified atom stereocenters. The zero-order chi connectivity index (χ0) is 27.5. The van der Waals surface area contributed by atoms with Gasteiger partial charge < -0.3 is 16.2 Å². The number of aryl methyl sites for hydroxylation is 3. The SMILES string of the molecule is CCCc1nc2cccc(CCCCCC(=O)OC)c2c(=O)n1-c1ccccc1.Cc1cnc(N)nc1N. The van der Waals surface area contributed by atoms with Crippen LogP contribution in [0.25, 0.3) is 16.6 Å². The van der Waals surface area contributed by atoms with Gasteiger partial charge in [0, 0.05) is 24.6 Å². The molecule has 0 atom stereocenters. The summed E-state index contributed by atoms with van der Waals surface area (Å²) in [5, 5.41) is 0.698. The second kappa shape index (κ2) is 13.9. The molecule has 2 aromatic heterocycles. The lowest BCUT2D eigenvalue weighted by molar-refractivity contribution is -0.140. The summed E-state index contributed by atoms with van der Waals surface area (Å²) in [4.78, 5) is 37.1. The van der Waals surface area contributed by atoms with Crippen LogP contribution in [0.2, 0.25) is 0 Å². The average molecular weight is 517 g/mol. The van der Waals surface area contributed by atoms with Crippen LogP contribution in [-0.4, -0.2) is 32.6 Å². The van der Waals surface area contributed by atoms with Crippen LogP contribution in [0.15, 0.2) is 59.5 Å². The monoisotopic (exact) mass is 516 g/mol. The maximum absolute atomic E-state index is 13.5. The number of esters is 1. The van der Waals surface area contributed by atoms with Gasteiger partial charge in [0.05, 0.1) is 23.7 Å². The van der Waals surface area contributed by atoms with E-state index in [1.165, 1.54) is 7.11 Å². The van der Waals surface area contributed by atoms with E-state index in [2.05, 4.69) is 21.6 Å². The molecule has 0 amide bonds. The van der Waals surface area contributed by atoms with E-state index in [9.17, 15) is 9.59 Å². The fourth-order valence-electron chi connectivity index (χ4n) is 4.12. The largest absolute Gasteiger partial charge is 0.469 e. The van der Waals surface area contributed by atoms with Crippen molar-refractivity contribution in [1.29, 1.82) is 0 Å². The van der Waals surface area contributed by atoms with Crippen molar-refractivity contribution in [3.63, 3.8) is 0 Å². The number of unbranched alkanes of at least 4 members (excludes halogenated alkanes) is 2. The van der Waals surface area contributed by atoms with Crippen LogP contribution in [0, 0.1) is 6.92 Å². The van der Waals surface area contributed by atoms with Gasteiger partial charge in [-0.05, 0) is 56.4 Å². The molecule has 0 bridgehead atoms. The summed E-state index contributed by atoms with van der Waals surface area (Å²) in [6.07, 6.45) is 7.12. The number of methoxy groups -OCH3 is 1. The third kappa shape index (κ3) is 7.38. The predicted octanol–water partition coefficient (Wildman–Crippen LogP) is 4.56. The van der Waals surface area contributed by atoms with Crippen molar-refractivity contribution in [2.75, 3.05) is 18.6 Å². The molecule has 9 heteroatoms. The van der Waals surface area contributed by atoms with E-state index in [1.54, 1.807) is 10.8 Å². The van der Waals surface area contributed by atoms with Gasteiger partial charge in [-0.2, -0.15) is 4.98 Å². The molecule has 0 aliphatic heterocycles. The maximum Gasteiger partial charge on any atom is 0.305 e. The smallest absolute Gasteiger partial charge is 0.305 e. The maximum atomic E-state index is 13.5. The molecule has 4 rings (SSSR count). The minimum Gasteiger partial charge on any atom is -0.469 e. The highest BCUT2D eigenvalue weighted by Crippen LogP contribution is 2.19. The Morgan fingerprint density at radius 3 is 2.39 bits per heavy atom. The van der Waals surface area contributed by atoms with Crippen molar-refractivity contribution < 1.29 is 9.53 Å². The van der Waals surface area contributed by atoms with E-state index in [0.29, 0.717) is 17.6 Å². The molecule has 200 valence electrons. The Labute approximate surface area is 222 Å². The van der Waals surface area contributed by atoms with Gasteiger partial charge in [-0.3, -0.25) is 14.2 Å². The van der Waals surface area contributed by atoms with Crippen LogP contribution in [0.5, 0.6) is 0 Å². The summed E-state index contributed by atoms with van der Waals surface area (Å²) < 4.78 is 6.44. The lowest BCUT2D eigenvalue weighted by Gasteiger charge is -2.15. The van der Waals surface area contributed by atoms with Crippen LogP contribution in [-0.2, 0) is 22.4 Å². The molecule has 4 aromatic rings. The molecule has 0 saturated carbocycles. The van der Waals surface area contributed by atoms with Crippen LogP contribution >= 0.6 is 0 Å². The molecular weight excluding hydrogens is 480 g/mol. The lowest BCUT2D eigenvalue weighted by atomic mass is 10.0. The van der Waals surface area contributed by atoms with Gasteiger partial charge in [0.25, 0.3) is 5.56 Å². The first-order valence-electron chi connectivity index (χ1n) is 12.9. The Kier molecular flexibility index (Phi) is 10.3. The van der Waals surface area contributed by atoms with Gasteiger partial charge in [0.1, 0.15) is 11.6 Å². The molecule has 2 heterocycles. The quantitative estimate of drug-likeness (QED) is 0.244. The summed E-state index contributed by atoms with van der Waals surface area (Å²) in [6, 6.07) is 15.6. The number of hydrogen-bond donors (Lipinski definition) is 2. The molecule has 4 N–H and O–H groups in total. The van der Waals surface area contributed by atoms with E-state index >= 15 is 0 Å². The van der Waals surface area contributed by atoms with E-state index in [0.717, 1.165) is 66.7 Å². The summed E-state index contributed by atoms with van der Waals surface area (Å²) in [6.45, 7) is 3.92. The number of rotatable bonds is 9. The first kappa shape index (κ1) is 28.3. The number of para-hydroxylation sites is 1. The van der Waals surface area contributed by atoms with Gasteiger partial charge in [0.2, 0.25) is 5.95 Å². The van der Waals surface area contributed by atoms with Gasteiger partial charge in [-0.15, -0.1) is 0 Å². The second-order valence-electron chi connectivity index (χ2n) is 9.00. The Balaban J connectivity index is 0.000000375. The standard InChI is InChI=1S/C24H28N2O3.C5H8N4/c1-3-11-21-25-20-16-10-13-18(12-6-4-9-17-22(27)29-2)23(20)24(28)26(21)19-14-7-5-8-15-19;1-3-2-8-5(7)9-4(3)6/h5,7-8,10,13-16H,3-4,6,9,11-12,17H2,1-2H3;2H,1H3,(H4,6,7,8,9). The molecule has 2 aromatic carbocycles. The van der Waals surface area contributed by atoms with Gasteiger partial charge in [-0.1, -0.05) is 43.7 Å². The number of nitrogen functional groups attached to an aromatic ring is 2. The summed E-state index contributed by atoms with van der Waals surface area (Å²) in [7, 11) is 1.41. The summed E-state index contributed by atoms with van der Waals surface area (Å²) >= 11 is 0. The van der Waals surface area contributed by atoms with Gasteiger partial charge >= 0.3 is 5.97 Å². The number of carbonyl (C=O) groups is 1. The molecule has 0 aliphatic carbocycles. The Bertz CT molecular complexity index is 1420. The van der Waals surface area contributed by atoms with Crippen LogP contribution in [0.3, 0.4) is 0 Å². The molecular formula is C29H36N6O3. The normalized spacial score (nSPS) is 10.6. The highest BCUT2D eigenvalue weighted by atomic mass is 16.5. The third-order valence-electron chi connectivity index (χ3n) is 6.13. The number of fused-ring (bicyclic) bond motifs is 1. The zero-order valence-electron chi connectivity index (χ0n) is 22.3. The van der Waals surface area contributed by atoms with Crippen LogP contribution in [0.1, 0.15) is 56.0 Å². The van der Waals surface area contributed by atoms with Gasteiger partial charge in [0.15, 0.2) is 0 Å². The van der Waals surface area contributed by atoms with Crippen molar-refractivity contribution in [2.45, 2.75) is 58.8 Å². The van der Waals surface area contributed by atoms with E-state index < -0.39 is 0 Å². The number of ether oxygens (including phenoxy) is 1. The van der Waals surface area contributed by atoms with Crippen molar-refractivity contribution in [2.24, 2.45) is 0 Å². The van der Waals surface area contributed by atoms with E-state index in [4.69, 9.17) is 16.5 Å². The molecule has 0 spiro atoms. The first-order valence-corrected chi connectivity index (χ1v) is 12.9. The number of anilines is 2. The summed E-state index contributed by atoms with van der Waals surface area (Å²) in [5.41, 5.74) is 14.1. The zero-order valence-corrected chi connectivity index (χ0v) is 22.3. The molecule has 38 heavy (non-hydrogen) atoms. The Hall–Kier alpha value is -4.27. The van der Waals surface area contributed by atoms with Crippen molar-refractivity contribution in [1.82, 2.24) is 19.5 Å². The number of aromatic nitrogens is 4. The molecule has 0 radical (unpaired) electrons. The predicted molar refractivity (Wildman–Crippen MR) is 151 cm³/mol. The van der Waals surface area contributed by atoms with E-state index in [1.807, 2.05) is 55.5 Å². The summed E-state index contributed by atoms with van der Waals surface area (Å²) in [5.74, 6) is 1.29. The fourth-order valence-corrected chi connectivity index (χ4v) is 4.12. The van der Waals surface area contributed by atoms with Crippen LogP contribution in [0.4, 0.5) is 11.8 Å². The number of carbonyl (C=O) groups excluding carboxylic acids is 1. The first-order chi connectivity index (χ1) is 18.3. The Morgan fingerprint density at radius 1 is 0.974 bits per heavy atom. The molecule has 0 saturated heterocycles. The van der Waals surface area contributed by atoms with Crippen molar-refractivity contribution in [3.05, 3.63) is 82.0 Å². The van der Waals surface area contributed by atoms with Crippen molar-refractivity contribution >= 4 is 28.6 Å². The molecule has 0 fully saturated rings. The van der Waals surface area contributed by atoms with Gasteiger partial charge in [-0.25, -0.2) is 9.97 Å². The average Bonchev–Trinajstić information content (AvgIpc) is 2.91. The van der Waals surface area contributed by atoms with Crippen molar-refractivity contribution in [3.8, 4) is 5.69 Å². The third-order valence-corrected chi connectivity index (χ3v) is 6.13. The Morgan fingerprint density at radius 2 is 1.74 bits per heavy atom. The second-order valence-corrected chi connectivity index (χ2v) is 9.00. The number of hydrogen-bond acceptors (Lipinski definition) is 8. The number of benzene rings is 2. The highest BCUT2D eigenvalue weighted by molar-refractivity contribution is 5.81. The van der Waals surface area contributed by atoms with E-state index in [-0.39, 0.29) is 17.5 Å². The minimum atomic E-state index is -0.173. The topological polar surface area (TPSA) is 139 Å². The highest BCUT2D eigenvalue weighted by Gasteiger charge is 2.15. The minimum absolute atomic E-state index is 0.00480. The molecule has 9 nitrogen and oxygen atoms in total. The molecule has 0 aliphatic rings. The number of nitrogens with zero attached hydrogens (tertiary/aromatic N) is 4. The fraction of sp³-hybridized carbons (Fsp3) is 0.345.